The first-order valence-corrected chi connectivity index (χ1v) is 11.2. The Morgan fingerprint density at radius 2 is 1.30 bits per heavy atom. The number of ether oxygens (including phenoxy) is 3. The highest BCUT2D eigenvalue weighted by molar-refractivity contribution is 5.93. The Morgan fingerprint density at radius 1 is 0.727 bits per heavy atom. The number of fused-ring (bicyclic) bond motifs is 1. The smallest absolute Gasteiger partial charge is 0.130 e. The molecule has 0 bridgehead atoms. The Kier molecular flexibility index (Phi) is 6.68. The van der Waals surface area contributed by atoms with Gasteiger partial charge in [-0.3, -0.25) is 0 Å². The highest BCUT2D eigenvalue weighted by Gasteiger charge is 2.15. The number of aryl methyl sites for hydroxylation is 2. The molecular formula is C28H29NO4. The molecule has 0 saturated carbocycles. The van der Waals surface area contributed by atoms with E-state index in [4.69, 9.17) is 23.6 Å². The van der Waals surface area contributed by atoms with Gasteiger partial charge < -0.3 is 18.6 Å². The second-order valence-electron chi connectivity index (χ2n) is 7.66. The molecular weight excluding hydrogens is 414 g/mol. The zero-order valence-electron chi connectivity index (χ0n) is 19.8. The lowest BCUT2D eigenvalue weighted by atomic mass is 10.1. The zero-order valence-corrected chi connectivity index (χ0v) is 19.8. The van der Waals surface area contributed by atoms with Gasteiger partial charge in [-0.1, -0.05) is 12.1 Å². The maximum atomic E-state index is 5.99. The summed E-state index contributed by atoms with van der Waals surface area (Å²) < 4.78 is 23.0. The summed E-state index contributed by atoms with van der Waals surface area (Å²) in [6.45, 7) is 9.13. The summed E-state index contributed by atoms with van der Waals surface area (Å²) in [5.74, 6) is 4.02. The first-order chi connectivity index (χ1) is 16.0. The Morgan fingerprint density at radius 3 is 1.88 bits per heavy atom. The van der Waals surface area contributed by atoms with Crippen LogP contribution in [0.1, 0.15) is 25.4 Å². The molecule has 3 aromatic carbocycles. The minimum atomic E-state index is 0.629. The lowest BCUT2D eigenvalue weighted by molar-refractivity contribution is 0.340. The molecule has 0 unspecified atom stereocenters. The third-order valence-electron chi connectivity index (χ3n) is 5.46. The number of benzene rings is 2. The Labute approximate surface area is 194 Å². The highest BCUT2D eigenvalue weighted by atomic mass is 16.5. The maximum Gasteiger partial charge on any atom is 0.130 e. The summed E-state index contributed by atoms with van der Waals surface area (Å²) in [6, 6.07) is 20.0. The van der Waals surface area contributed by atoms with Crippen LogP contribution in [0.3, 0.4) is 0 Å². The van der Waals surface area contributed by atoms with E-state index in [0.717, 1.165) is 61.7 Å². The van der Waals surface area contributed by atoms with Crippen molar-refractivity contribution in [2.75, 3.05) is 20.3 Å². The summed E-state index contributed by atoms with van der Waals surface area (Å²) in [7, 11) is 1.68. The molecule has 0 aliphatic heterocycles. The molecule has 170 valence electrons. The third kappa shape index (κ3) is 4.72. The predicted molar refractivity (Wildman–Crippen MR) is 132 cm³/mol. The summed E-state index contributed by atoms with van der Waals surface area (Å²) in [5, 5.41) is 2.68. The molecule has 0 saturated heterocycles. The summed E-state index contributed by atoms with van der Waals surface area (Å²) in [6.07, 6.45) is 0. The predicted octanol–water partition coefficient (Wildman–Crippen LogP) is 6.76. The molecule has 33 heavy (non-hydrogen) atoms. The first kappa shape index (κ1) is 22.5. The molecule has 0 amide bonds. The molecule has 1 aromatic heterocycles. The fourth-order valence-electron chi connectivity index (χ4n) is 4.01. The van der Waals surface area contributed by atoms with Gasteiger partial charge in [-0.25, -0.2) is 4.99 Å². The van der Waals surface area contributed by atoms with Crippen LogP contribution in [0.5, 0.6) is 17.2 Å². The van der Waals surface area contributed by atoms with Crippen LogP contribution >= 0.6 is 0 Å². The van der Waals surface area contributed by atoms with E-state index in [2.05, 4.69) is 18.2 Å². The van der Waals surface area contributed by atoms with E-state index < -0.39 is 0 Å². The number of rotatable bonds is 7. The molecule has 0 aliphatic carbocycles. The second-order valence-corrected chi connectivity index (χ2v) is 7.66. The monoisotopic (exact) mass is 443 g/mol. The number of hydrogen-bond acceptors (Lipinski definition) is 5. The Hall–Kier alpha value is -3.73. The van der Waals surface area contributed by atoms with Crippen molar-refractivity contribution in [2.24, 2.45) is 4.99 Å². The van der Waals surface area contributed by atoms with Crippen LogP contribution < -0.4 is 19.6 Å². The van der Waals surface area contributed by atoms with Gasteiger partial charge in [-0.2, -0.15) is 0 Å². The van der Waals surface area contributed by atoms with Crippen molar-refractivity contribution in [3.05, 3.63) is 77.5 Å². The highest BCUT2D eigenvalue weighted by Crippen LogP contribution is 2.34. The van der Waals surface area contributed by atoms with Gasteiger partial charge in [0.15, 0.2) is 0 Å². The van der Waals surface area contributed by atoms with Crippen molar-refractivity contribution < 1.29 is 18.6 Å². The lowest BCUT2D eigenvalue weighted by Gasteiger charge is -2.05. The third-order valence-corrected chi connectivity index (χ3v) is 5.46. The Balaban J connectivity index is 1.97. The standard InChI is InChI=1S/C28H29NO4/c1-6-31-23-12-8-20(9-13-23)21-16-25(29-22-10-14-24(15-11-22)32-7-2)27-18(3)33-19(4)28(27)26(17-21)30-5/h8-17H,6-7H2,1-5H3. The molecule has 0 radical (unpaired) electrons. The minimum Gasteiger partial charge on any atom is -0.496 e. The van der Waals surface area contributed by atoms with Gasteiger partial charge in [0.05, 0.1) is 42.1 Å². The number of hydrogen-bond donors (Lipinski definition) is 0. The van der Waals surface area contributed by atoms with Crippen LogP contribution in [0.4, 0.5) is 5.69 Å². The van der Waals surface area contributed by atoms with Crippen molar-refractivity contribution in [3.63, 3.8) is 0 Å². The second kappa shape index (κ2) is 9.82. The summed E-state index contributed by atoms with van der Waals surface area (Å²) in [5.41, 5.74) is 2.88. The van der Waals surface area contributed by atoms with E-state index >= 15 is 0 Å². The Bertz CT molecular complexity index is 1320. The average Bonchev–Trinajstić information content (AvgIpc) is 3.01. The number of methoxy groups -OCH3 is 1. The van der Waals surface area contributed by atoms with Crippen LogP contribution in [-0.4, -0.2) is 20.3 Å². The van der Waals surface area contributed by atoms with Crippen LogP contribution in [0.25, 0.3) is 21.9 Å². The maximum absolute atomic E-state index is 5.99. The molecule has 4 rings (SSSR count). The van der Waals surface area contributed by atoms with Gasteiger partial charge in [0, 0.05) is 0 Å². The number of furan rings is 1. The minimum absolute atomic E-state index is 0.629. The fourth-order valence-corrected chi connectivity index (χ4v) is 4.01. The van der Waals surface area contributed by atoms with Crippen LogP contribution in [-0.2, 0) is 0 Å². The van der Waals surface area contributed by atoms with Crippen LogP contribution in [0.2, 0.25) is 0 Å². The van der Waals surface area contributed by atoms with E-state index in [1.54, 1.807) is 7.11 Å². The van der Waals surface area contributed by atoms with Crippen molar-refractivity contribution in [2.45, 2.75) is 27.7 Å². The average molecular weight is 444 g/mol. The van der Waals surface area contributed by atoms with Gasteiger partial charge in [0.25, 0.3) is 0 Å². The van der Waals surface area contributed by atoms with E-state index in [-0.39, 0.29) is 0 Å². The summed E-state index contributed by atoms with van der Waals surface area (Å²) in [4.78, 5) is 5.00. The quantitative estimate of drug-likeness (QED) is 0.317. The normalized spacial score (nSPS) is 11.6. The first-order valence-electron chi connectivity index (χ1n) is 11.2. The lowest BCUT2D eigenvalue weighted by Crippen LogP contribution is -2.00. The van der Waals surface area contributed by atoms with Crippen LogP contribution in [0, 0.1) is 13.8 Å². The van der Waals surface area contributed by atoms with Crippen molar-refractivity contribution >= 4 is 16.5 Å². The van der Waals surface area contributed by atoms with Crippen molar-refractivity contribution in [1.29, 1.82) is 0 Å². The van der Waals surface area contributed by atoms with E-state index in [1.807, 2.05) is 70.2 Å². The number of nitrogens with zero attached hydrogens (tertiary/aromatic N) is 1. The fraction of sp³-hybridized carbons (Fsp3) is 0.250. The largest absolute Gasteiger partial charge is 0.496 e. The van der Waals surface area contributed by atoms with E-state index in [1.165, 1.54) is 0 Å². The van der Waals surface area contributed by atoms with E-state index in [9.17, 15) is 0 Å². The molecule has 0 N–H and O–H groups in total. The van der Waals surface area contributed by atoms with Gasteiger partial charge in [-0.15, -0.1) is 0 Å². The van der Waals surface area contributed by atoms with Crippen molar-refractivity contribution in [1.82, 2.24) is 0 Å². The summed E-state index contributed by atoms with van der Waals surface area (Å²) >= 11 is 0. The van der Waals surface area contributed by atoms with Gasteiger partial charge >= 0.3 is 0 Å². The molecule has 0 aliphatic rings. The van der Waals surface area contributed by atoms with Gasteiger partial charge in [0.1, 0.15) is 28.8 Å². The zero-order chi connectivity index (χ0) is 23.4. The molecule has 0 spiro atoms. The molecule has 0 atom stereocenters. The van der Waals surface area contributed by atoms with Gasteiger partial charge in [-0.05, 0) is 87.4 Å². The molecule has 4 aromatic rings. The van der Waals surface area contributed by atoms with E-state index in [0.29, 0.717) is 13.2 Å². The van der Waals surface area contributed by atoms with Crippen molar-refractivity contribution in [3.8, 4) is 28.4 Å². The molecule has 5 nitrogen and oxygen atoms in total. The molecule has 0 fully saturated rings. The molecule has 1 heterocycles. The SMILES string of the molecule is CCOc1ccc(N=c2cc(-c3ccc(OCC)cc3)cc(OC)c3c(C)oc(C)c23)cc1. The molecule has 5 heteroatoms. The van der Waals surface area contributed by atoms with Gasteiger partial charge in [0.2, 0.25) is 0 Å². The topological polar surface area (TPSA) is 53.2 Å². The van der Waals surface area contributed by atoms with Crippen LogP contribution in [0.15, 0.2) is 70.1 Å².